The lowest BCUT2D eigenvalue weighted by molar-refractivity contribution is 0.158. The maximum absolute atomic E-state index is 3.78. The molecule has 2 heterocycles. The molecule has 1 N–H and O–H groups in total. The Bertz CT molecular complexity index is 449. The maximum Gasteiger partial charge on any atom is 0.0415 e. The SMILES string of the molecule is CC1CCCCN1CCCNC1CSCc2ccccc21. The minimum Gasteiger partial charge on any atom is -0.309 e. The van der Waals surface area contributed by atoms with Crippen LogP contribution in [0.3, 0.4) is 0 Å². The van der Waals surface area contributed by atoms with Crippen LogP contribution >= 0.6 is 11.8 Å². The van der Waals surface area contributed by atoms with E-state index in [1.54, 1.807) is 0 Å². The lowest BCUT2D eigenvalue weighted by Gasteiger charge is -2.33. The second-order valence-corrected chi connectivity index (χ2v) is 7.49. The number of rotatable bonds is 5. The van der Waals surface area contributed by atoms with E-state index in [4.69, 9.17) is 0 Å². The molecule has 2 nitrogen and oxygen atoms in total. The minimum absolute atomic E-state index is 0.554. The fraction of sp³-hybridized carbons (Fsp3) is 0.667. The monoisotopic (exact) mass is 304 g/mol. The van der Waals surface area contributed by atoms with Gasteiger partial charge in [0.05, 0.1) is 0 Å². The van der Waals surface area contributed by atoms with E-state index in [-0.39, 0.29) is 0 Å². The van der Waals surface area contributed by atoms with Crippen LogP contribution in [0.25, 0.3) is 0 Å². The highest BCUT2D eigenvalue weighted by atomic mass is 32.2. The van der Waals surface area contributed by atoms with Gasteiger partial charge in [-0.1, -0.05) is 30.7 Å². The van der Waals surface area contributed by atoms with Crippen LogP contribution in [0.2, 0.25) is 0 Å². The molecule has 116 valence electrons. The first kappa shape index (κ1) is 15.4. The van der Waals surface area contributed by atoms with Gasteiger partial charge in [-0.25, -0.2) is 0 Å². The average molecular weight is 305 g/mol. The van der Waals surface area contributed by atoms with Crippen LogP contribution in [0.4, 0.5) is 0 Å². The topological polar surface area (TPSA) is 15.3 Å². The van der Waals surface area contributed by atoms with Gasteiger partial charge in [-0.3, -0.25) is 0 Å². The molecule has 3 rings (SSSR count). The van der Waals surface area contributed by atoms with Crippen molar-refractivity contribution in [3.8, 4) is 0 Å². The fourth-order valence-electron chi connectivity index (χ4n) is 3.60. The summed E-state index contributed by atoms with van der Waals surface area (Å²) in [6.45, 7) is 6.10. The van der Waals surface area contributed by atoms with E-state index in [1.165, 1.54) is 61.4 Å². The Morgan fingerprint density at radius 1 is 1.29 bits per heavy atom. The number of hydrogen-bond donors (Lipinski definition) is 1. The summed E-state index contributed by atoms with van der Waals surface area (Å²) in [5.74, 6) is 2.40. The van der Waals surface area contributed by atoms with Crippen molar-refractivity contribution in [3.05, 3.63) is 35.4 Å². The van der Waals surface area contributed by atoms with E-state index in [0.717, 1.165) is 12.6 Å². The van der Waals surface area contributed by atoms with Gasteiger partial charge in [0.2, 0.25) is 0 Å². The molecule has 0 saturated carbocycles. The molecule has 0 spiro atoms. The third kappa shape index (κ3) is 4.02. The lowest BCUT2D eigenvalue weighted by atomic mass is 10.0. The largest absolute Gasteiger partial charge is 0.309 e. The summed E-state index contributed by atoms with van der Waals surface area (Å²) in [6, 6.07) is 10.3. The van der Waals surface area contributed by atoms with E-state index >= 15 is 0 Å². The molecule has 2 aliphatic rings. The second kappa shape index (κ2) is 7.66. The number of thioether (sulfide) groups is 1. The molecule has 0 aliphatic carbocycles. The first-order valence-corrected chi connectivity index (χ1v) is 9.63. The van der Waals surface area contributed by atoms with Crippen LogP contribution in [0.15, 0.2) is 24.3 Å². The predicted octanol–water partition coefficient (Wildman–Crippen LogP) is 3.83. The Morgan fingerprint density at radius 3 is 3.10 bits per heavy atom. The quantitative estimate of drug-likeness (QED) is 0.832. The van der Waals surface area contributed by atoms with Gasteiger partial charge in [-0.15, -0.1) is 0 Å². The lowest BCUT2D eigenvalue weighted by Crippen LogP contribution is -2.39. The van der Waals surface area contributed by atoms with E-state index in [9.17, 15) is 0 Å². The van der Waals surface area contributed by atoms with Gasteiger partial charge in [0.1, 0.15) is 0 Å². The van der Waals surface area contributed by atoms with E-state index in [2.05, 4.69) is 53.2 Å². The van der Waals surface area contributed by atoms with Crippen molar-refractivity contribution >= 4 is 11.8 Å². The van der Waals surface area contributed by atoms with Gasteiger partial charge in [-0.2, -0.15) is 11.8 Å². The van der Waals surface area contributed by atoms with E-state index in [1.807, 2.05) is 0 Å². The van der Waals surface area contributed by atoms with Crippen molar-refractivity contribution in [2.45, 2.75) is 50.4 Å². The zero-order chi connectivity index (χ0) is 14.5. The minimum atomic E-state index is 0.554. The molecule has 2 unspecified atom stereocenters. The van der Waals surface area contributed by atoms with Gasteiger partial charge in [-0.05, 0) is 56.9 Å². The van der Waals surface area contributed by atoms with Crippen molar-refractivity contribution in [3.63, 3.8) is 0 Å². The first-order chi connectivity index (χ1) is 10.3. The summed E-state index contributed by atoms with van der Waals surface area (Å²) < 4.78 is 0. The van der Waals surface area contributed by atoms with E-state index < -0.39 is 0 Å². The third-order valence-electron chi connectivity index (χ3n) is 4.93. The van der Waals surface area contributed by atoms with Crippen molar-refractivity contribution in [1.29, 1.82) is 0 Å². The van der Waals surface area contributed by atoms with E-state index in [0.29, 0.717) is 6.04 Å². The number of likely N-dealkylation sites (tertiary alicyclic amines) is 1. The van der Waals surface area contributed by atoms with Crippen LogP contribution in [-0.4, -0.2) is 36.3 Å². The van der Waals surface area contributed by atoms with Gasteiger partial charge < -0.3 is 10.2 Å². The maximum atomic E-state index is 3.78. The van der Waals surface area contributed by atoms with Crippen LogP contribution in [0.1, 0.15) is 49.8 Å². The molecule has 0 bridgehead atoms. The number of hydrogen-bond acceptors (Lipinski definition) is 3. The molecule has 0 radical (unpaired) electrons. The third-order valence-corrected chi connectivity index (χ3v) is 6.01. The average Bonchev–Trinajstić information content (AvgIpc) is 2.53. The zero-order valence-electron chi connectivity index (χ0n) is 13.2. The fourth-order valence-corrected chi connectivity index (χ4v) is 4.73. The molecular weight excluding hydrogens is 276 g/mol. The highest BCUT2D eigenvalue weighted by Crippen LogP contribution is 2.31. The summed E-state index contributed by atoms with van der Waals surface area (Å²) >= 11 is 2.06. The molecule has 1 aromatic rings. The van der Waals surface area contributed by atoms with Crippen molar-refractivity contribution in [2.24, 2.45) is 0 Å². The summed E-state index contributed by atoms with van der Waals surface area (Å²) in [7, 11) is 0. The Morgan fingerprint density at radius 2 is 2.19 bits per heavy atom. The Hall–Kier alpha value is -0.510. The Kier molecular flexibility index (Phi) is 5.61. The summed E-state index contributed by atoms with van der Waals surface area (Å²) in [6.07, 6.45) is 5.48. The number of fused-ring (bicyclic) bond motifs is 1. The van der Waals surface area contributed by atoms with Crippen LogP contribution in [0, 0.1) is 0 Å². The number of piperidine rings is 1. The van der Waals surface area contributed by atoms with Crippen molar-refractivity contribution < 1.29 is 0 Å². The van der Waals surface area contributed by atoms with Gasteiger partial charge in [0.15, 0.2) is 0 Å². The van der Waals surface area contributed by atoms with Crippen LogP contribution < -0.4 is 5.32 Å². The standard InChI is InChI=1S/C18H28N2S/c1-15-7-4-5-11-20(15)12-6-10-19-18-14-21-13-16-8-2-3-9-17(16)18/h2-3,8-9,15,18-19H,4-7,10-14H2,1H3. The number of nitrogens with zero attached hydrogens (tertiary/aromatic N) is 1. The molecule has 3 heteroatoms. The molecule has 1 saturated heterocycles. The first-order valence-electron chi connectivity index (χ1n) is 8.47. The Balaban J connectivity index is 1.44. The van der Waals surface area contributed by atoms with Crippen LogP contribution in [0.5, 0.6) is 0 Å². The normalized spacial score (nSPS) is 26.5. The molecule has 2 aliphatic heterocycles. The van der Waals surface area contributed by atoms with Crippen molar-refractivity contribution in [2.75, 3.05) is 25.4 Å². The molecule has 1 fully saturated rings. The van der Waals surface area contributed by atoms with Crippen molar-refractivity contribution in [1.82, 2.24) is 10.2 Å². The predicted molar refractivity (Wildman–Crippen MR) is 92.9 cm³/mol. The molecule has 0 amide bonds. The smallest absolute Gasteiger partial charge is 0.0415 e. The molecule has 0 aromatic heterocycles. The Labute approximate surface area is 133 Å². The number of benzene rings is 1. The molecule has 2 atom stereocenters. The van der Waals surface area contributed by atoms with Gasteiger partial charge >= 0.3 is 0 Å². The van der Waals surface area contributed by atoms with Gasteiger partial charge in [0.25, 0.3) is 0 Å². The summed E-state index contributed by atoms with van der Waals surface area (Å²) in [5, 5.41) is 3.78. The van der Waals surface area contributed by atoms with Crippen LogP contribution in [-0.2, 0) is 5.75 Å². The molecular formula is C18H28N2S. The molecule has 1 aromatic carbocycles. The zero-order valence-corrected chi connectivity index (χ0v) is 14.0. The summed E-state index contributed by atoms with van der Waals surface area (Å²) in [4.78, 5) is 2.68. The second-order valence-electron chi connectivity index (χ2n) is 6.45. The highest BCUT2D eigenvalue weighted by molar-refractivity contribution is 7.98. The molecule has 21 heavy (non-hydrogen) atoms. The number of nitrogens with one attached hydrogen (secondary N) is 1. The van der Waals surface area contributed by atoms with Gasteiger partial charge in [0, 0.05) is 23.6 Å². The highest BCUT2D eigenvalue weighted by Gasteiger charge is 2.20. The summed E-state index contributed by atoms with van der Waals surface area (Å²) in [5.41, 5.74) is 3.05.